The maximum atomic E-state index is 5.59. The lowest BCUT2D eigenvalue weighted by atomic mass is 9.99. The van der Waals surface area contributed by atoms with Gasteiger partial charge in [0.1, 0.15) is 17.0 Å². The molecule has 3 heterocycles. The molecule has 4 rings (SSSR count). The predicted octanol–water partition coefficient (Wildman–Crippen LogP) is 3.92. The number of aryl methyl sites for hydroxylation is 1. The second-order valence-electron chi connectivity index (χ2n) is 6.54. The number of nitrogens with zero attached hydrogens (tertiary/aromatic N) is 3. The number of rotatable bonds is 5. The number of para-hydroxylation sites is 1. The molecule has 1 aliphatic heterocycles. The van der Waals surface area contributed by atoms with Crippen molar-refractivity contribution in [2.24, 2.45) is 5.92 Å². The summed E-state index contributed by atoms with van der Waals surface area (Å²) in [6, 6.07) is 10.1. The largest absolute Gasteiger partial charge is 0.494 e. The number of methoxy groups -OCH3 is 1. The van der Waals surface area contributed by atoms with Gasteiger partial charge in [0.2, 0.25) is 0 Å². The van der Waals surface area contributed by atoms with E-state index in [4.69, 9.17) is 14.5 Å². The molecule has 2 aromatic heterocycles. The number of fused-ring (bicyclic) bond motifs is 1. The molecule has 3 aromatic rings. The van der Waals surface area contributed by atoms with E-state index in [-0.39, 0.29) is 0 Å². The molecule has 5 nitrogen and oxygen atoms in total. The van der Waals surface area contributed by atoms with Crippen LogP contribution in [0.5, 0.6) is 5.75 Å². The van der Waals surface area contributed by atoms with Crippen LogP contribution in [0.1, 0.15) is 19.3 Å². The molecule has 0 spiro atoms. The lowest BCUT2D eigenvalue weighted by Crippen LogP contribution is -2.19. The van der Waals surface area contributed by atoms with Crippen LogP contribution < -0.4 is 4.74 Å². The average molecular weight is 337 g/mol. The summed E-state index contributed by atoms with van der Waals surface area (Å²) >= 11 is 0. The topological polar surface area (TPSA) is 49.2 Å². The summed E-state index contributed by atoms with van der Waals surface area (Å²) in [5, 5.41) is 1.07. The van der Waals surface area contributed by atoms with Crippen LogP contribution in [0.2, 0.25) is 0 Å². The molecule has 0 bridgehead atoms. The Bertz CT molecular complexity index is 853. The molecule has 1 saturated heterocycles. The van der Waals surface area contributed by atoms with Gasteiger partial charge in [-0.05, 0) is 37.3 Å². The highest BCUT2D eigenvalue weighted by Crippen LogP contribution is 2.27. The summed E-state index contributed by atoms with van der Waals surface area (Å²) in [4.78, 5) is 9.35. The van der Waals surface area contributed by atoms with Gasteiger partial charge in [0, 0.05) is 37.5 Å². The lowest BCUT2D eigenvalue weighted by Gasteiger charge is -2.22. The van der Waals surface area contributed by atoms with Crippen LogP contribution in [0, 0.1) is 5.92 Å². The van der Waals surface area contributed by atoms with Crippen molar-refractivity contribution in [3.63, 3.8) is 0 Å². The fourth-order valence-corrected chi connectivity index (χ4v) is 3.49. The van der Waals surface area contributed by atoms with Gasteiger partial charge in [0.15, 0.2) is 5.82 Å². The van der Waals surface area contributed by atoms with Crippen molar-refractivity contribution in [3.05, 3.63) is 42.7 Å². The van der Waals surface area contributed by atoms with E-state index in [0.29, 0.717) is 5.92 Å². The fraction of sp³-hybridized carbons (Fsp3) is 0.400. The molecule has 1 fully saturated rings. The molecular formula is C20H23N3O2. The minimum atomic E-state index is 0.647. The Hall–Kier alpha value is -2.40. The zero-order valence-corrected chi connectivity index (χ0v) is 14.5. The number of hydrogen-bond acceptors (Lipinski definition) is 4. The van der Waals surface area contributed by atoms with Crippen LogP contribution in [0.15, 0.2) is 42.7 Å². The minimum absolute atomic E-state index is 0.647. The summed E-state index contributed by atoms with van der Waals surface area (Å²) < 4.78 is 13.2. The first kappa shape index (κ1) is 16.1. The predicted molar refractivity (Wildman–Crippen MR) is 97.7 cm³/mol. The van der Waals surface area contributed by atoms with Crippen LogP contribution in [0.3, 0.4) is 0 Å². The first-order valence-electron chi connectivity index (χ1n) is 8.88. The van der Waals surface area contributed by atoms with Gasteiger partial charge in [-0.2, -0.15) is 0 Å². The zero-order valence-electron chi connectivity index (χ0n) is 14.5. The molecule has 1 atom stereocenters. The van der Waals surface area contributed by atoms with Gasteiger partial charge in [-0.25, -0.2) is 9.97 Å². The van der Waals surface area contributed by atoms with Gasteiger partial charge in [0.25, 0.3) is 0 Å². The Morgan fingerprint density at radius 2 is 2.24 bits per heavy atom. The normalized spacial score (nSPS) is 17.7. The first-order chi connectivity index (χ1) is 12.3. The number of pyridine rings is 1. The van der Waals surface area contributed by atoms with E-state index in [0.717, 1.165) is 54.4 Å². The van der Waals surface area contributed by atoms with Gasteiger partial charge in [-0.3, -0.25) is 0 Å². The molecule has 1 unspecified atom stereocenters. The third-order valence-corrected chi connectivity index (χ3v) is 4.88. The lowest BCUT2D eigenvalue weighted by molar-refractivity contribution is 0.0501. The first-order valence-corrected chi connectivity index (χ1v) is 8.88. The molecule has 130 valence electrons. The van der Waals surface area contributed by atoms with Gasteiger partial charge < -0.3 is 14.0 Å². The Balaban J connectivity index is 1.59. The Labute approximate surface area is 147 Å². The highest BCUT2D eigenvalue weighted by Gasteiger charge is 2.15. The number of benzene rings is 1. The quantitative estimate of drug-likeness (QED) is 0.708. The van der Waals surface area contributed by atoms with Crippen LogP contribution in [0.25, 0.3) is 22.4 Å². The van der Waals surface area contributed by atoms with Crippen LogP contribution in [-0.2, 0) is 11.3 Å². The second kappa shape index (κ2) is 7.23. The second-order valence-corrected chi connectivity index (χ2v) is 6.54. The van der Waals surface area contributed by atoms with E-state index < -0.39 is 0 Å². The molecule has 0 aliphatic carbocycles. The molecule has 1 aromatic carbocycles. The summed E-state index contributed by atoms with van der Waals surface area (Å²) in [6.45, 7) is 2.74. The monoisotopic (exact) mass is 337 g/mol. The number of hydrogen-bond donors (Lipinski definition) is 0. The maximum absolute atomic E-state index is 5.59. The van der Waals surface area contributed by atoms with E-state index in [1.807, 2.05) is 36.7 Å². The summed E-state index contributed by atoms with van der Waals surface area (Å²) in [5.41, 5.74) is 1.75. The summed E-state index contributed by atoms with van der Waals surface area (Å²) in [5.74, 6) is 2.34. The van der Waals surface area contributed by atoms with E-state index in [1.54, 1.807) is 7.11 Å². The molecule has 25 heavy (non-hydrogen) atoms. The van der Waals surface area contributed by atoms with Gasteiger partial charge >= 0.3 is 0 Å². The molecule has 0 radical (unpaired) electrons. The minimum Gasteiger partial charge on any atom is -0.494 e. The molecule has 0 amide bonds. The van der Waals surface area contributed by atoms with Crippen molar-refractivity contribution in [2.45, 2.75) is 25.8 Å². The highest BCUT2D eigenvalue weighted by molar-refractivity contribution is 5.86. The standard InChI is InChI=1S/C20H23N3O2/c1-24-18-6-2-5-16-7-8-17(22-19(16)18)20-21-10-12-23(20)11-9-15-4-3-13-25-14-15/h2,5-8,10,12,15H,3-4,9,11,13-14H2,1H3. The number of ether oxygens (including phenoxy) is 2. The molecule has 0 N–H and O–H groups in total. The van der Waals surface area contributed by atoms with Crippen molar-refractivity contribution in [1.29, 1.82) is 0 Å². The van der Waals surface area contributed by atoms with Crippen LogP contribution >= 0.6 is 0 Å². The van der Waals surface area contributed by atoms with Gasteiger partial charge in [0.05, 0.1) is 7.11 Å². The van der Waals surface area contributed by atoms with E-state index >= 15 is 0 Å². The van der Waals surface area contributed by atoms with Crippen molar-refractivity contribution >= 4 is 10.9 Å². The summed E-state index contributed by atoms with van der Waals surface area (Å²) in [6.07, 6.45) is 7.43. The van der Waals surface area contributed by atoms with Crippen LogP contribution in [-0.4, -0.2) is 34.9 Å². The van der Waals surface area contributed by atoms with Crippen molar-refractivity contribution in [1.82, 2.24) is 14.5 Å². The van der Waals surface area contributed by atoms with Crippen LogP contribution in [0.4, 0.5) is 0 Å². The molecule has 1 aliphatic rings. The number of imidazole rings is 1. The van der Waals surface area contributed by atoms with E-state index in [2.05, 4.69) is 15.6 Å². The molecular weight excluding hydrogens is 314 g/mol. The van der Waals surface area contributed by atoms with Crippen molar-refractivity contribution < 1.29 is 9.47 Å². The Morgan fingerprint density at radius 3 is 3.08 bits per heavy atom. The third-order valence-electron chi connectivity index (χ3n) is 4.88. The Morgan fingerprint density at radius 1 is 1.28 bits per heavy atom. The third kappa shape index (κ3) is 3.37. The molecule has 5 heteroatoms. The van der Waals surface area contributed by atoms with E-state index in [1.165, 1.54) is 12.8 Å². The average Bonchev–Trinajstić information content (AvgIpc) is 3.15. The van der Waals surface area contributed by atoms with Gasteiger partial charge in [-0.15, -0.1) is 0 Å². The Kier molecular flexibility index (Phi) is 4.65. The highest BCUT2D eigenvalue weighted by atomic mass is 16.5. The SMILES string of the molecule is COc1cccc2ccc(-c3nccn3CCC3CCCOC3)nc12. The van der Waals surface area contributed by atoms with Crippen molar-refractivity contribution in [3.8, 4) is 17.3 Å². The molecule has 0 saturated carbocycles. The fourth-order valence-electron chi connectivity index (χ4n) is 3.49. The van der Waals surface area contributed by atoms with E-state index in [9.17, 15) is 0 Å². The zero-order chi connectivity index (χ0) is 17.1. The maximum Gasteiger partial charge on any atom is 0.158 e. The van der Waals surface area contributed by atoms with Crippen molar-refractivity contribution in [2.75, 3.05) is 20.3 Å². The smallest absolute Gasteiger partial charge is 0.158 e. The van der Waals surface area contributed by atoms with Gasteiger partial charge in [-0.1, -0.05) is 18.2 Å². The summed E-state index contributed by atoms with van der Waals surface area (Å²) in [7, 11) is 1.68. The number of aromatic nitrogens is 3.